The predicted octanol–water partition coefficient (Wildman–Crippen LogP) is 0.565. The van der Waals surface area contributed by atoms with Crippen LogP contribution in [0.2, 0.25) is 0 Å². The van der Waals surface area contributed by atoms with Crippen molar-refractivity contribution < 1.29 is 5.11 Å². The average molecular weight is 276 g/mol. The molecule has 0 spiro atoms. The summed E-state index contributed by atoms with van der Waals surface area (Å²) in [4.78, 5) is 8.03. The Hall–Kier alpha value is -0.920. The van der Waals surface area contributed by atoms with E-state index in [-0.39, 0.29) is 12.5 Å². The third-order valence-corrected chi connectivity index (χ3v) is 2.38. The van der Waals surface area contributed by atoms with E-state index in [0.29, 0.717) is 18.3 Å². The van der Waals surface area contributed by atoms with Crippen LogP contribution in [0.25, 0.3) is 0 Å². The Labute approximate surface area is 96.4 Å². The first-order valence-corrected chi connectivity index (χ1v) is 5.30. The van der Waals surface area contributed by atoms with Gasteiger partial charge in [-0.15, -0.1) is 0 Å². The van der Waals surface area contributed by atoms with E-state index in [4.69, 9.17) is 10.9 Å². The Kier molecular flexibility index (Phi) is 4.73. The van der Waals surface area contributed by atoms with Crippen molar-refractivity contribution in [3.63, 3.8) is 0 Å². The number of aliphatic hydroxyl groups is 1. The number of nitrogens with one attached hydrogen (secondary N) is 2. The summed E-state index contributed by atoms with van der Waals surface area (Å²) in [6.45, 7) is 2.71. The number of nitrogen functional groups attached to an aromatic ring is 1. The largest absolute Gasteiger partial charge is 0.396 e. The van der Waals surface area contributed by atoms with Crippen LogP contribution in [0.4, 0.5) is 11.8 Å². The standard InChI is InChI=1S/C8H14BrN5O/c1-5(4-15)2-11-7-6(9)3-12-8(13-7)14-10/h3,5,15H,2,4,10H2,1H3,(H2,11,12,13,14). The maximum Gasteiger partial charge on any atom is 0.239 e. The van der Waals surface area contributed by atoms with Crippen molar-refractivity contribution in [1.29, 1.82) is 0 Å². The zero-order valence-corrected chi connectivity index (χ0v) is 9.95. The average Bonchev–Trinajstić information content (AvgIpc) is 2.27. The van der Waals surface area contributed by atoms with Gasteiger partial charge >= 0.3 is 0 Å². The summed E-state index contributed by atoms with van der Waals surface area (Å²) in [7, 11) is 0. The van der Waals surface area contributed by atoms with Gasteiger partial charge in [0.05, 0.1) is 4.47 Å². The van der Waals surface area contributed by atoms with Crippen molar-refractivity contribution in [2.75, 3.05) is 23.9 Å². The lowest BCUT2D eigenvalue weighted by Gasteiger charge is -2.11. The maximum absolute atomic E-state index is 8.87. The van der Waals surface area contributed by atoms with Gasteiger partial charge in [-0.3, -0.25) is 5.43 Å². The van der Waals surface area contributed by atoms with Gasteiger partial charge in [0.2, 0.25) is 5.95 Å². The molecule has 1 atom stereocenters. The van der Waals surface area contributed by atoms with Crippen LogP contribution in [0.5, 0.6) is 0 Å². The van der Waals surface area contributed by atoms with Crippen LogP contribution in [0.15, 0.2) is 10.7 Å². The molecule has 0 aliphatic carbocycles. The number of halogens is 1. The number of hydrogen-bond donors (Lipinski definition) is 4. The van der Waals surface area contributed by atoms with Crippen molar-refractivity contribution >= 4 is 27.7 Å². The molecular formula is C8H14BrN5O. The van der Waals surface area contributed by atoms with Gasteiger partial charge in [0, 0.05) is 19.3 Å². The molecule has 7 heteroatoms. The molecule has 0 saturated heterocycles. The van der Waals surface area contributed by atoms with Gasteiger partial charge in [-0.2, -0.15) is 4.98 Å². The maximum atomic E-state index is 8.87. The molecule has 1 heterocycles. The van der Waals surface area contributed by atoms with Gasteiger partial charge in [-0.1, -0.05) is 6.92 Å². The summed E-state index contributed by atoms with van der Waals surface area (Å²) in [5.74, 6) is 6.36. The Balaban J connectivity index is 2.66. The molecule has 0 aromatic carbocycles. The van der Waals surface area contributed by atoms with Gasteiger partial charge in [0.25, 0.3) is 0 Å². The van der Waals surface area contributed by atoms with Crippen molar-refractivity contribution in [3.8, 4) is 0 Å². The summed E-state index contributed by atoms with van der Waals surface area (Å²) >= 11 is 3.31. The fourth-order valence-corrected chi connectivity index (χ4v) is 1.23. The number of aromatic nitrogens is 2. The Bertz CT molecular complexity index is 322. The molecule has 1 unspecified atom stereocenters. The molecule has 0 radical (unpaired) electrons. The van der Waals surface area contributed by atoms with E-state index in [9.17, 15) is 0 Å². The molecule has 0 aliphatic rings. The van der Waals surface area contributed by atoms with Gasteiger partial charge in [-0.05, 0) is 21.8 Å². The zero-order valence-electron chi connectivity index (χ0n) is 8.37. The van der Waals surface area contributed by atoms with E-state index in [0.717, 1.165) is 4.47 Å². The van der Waals surface area contributed by atoms with Gasteiger partial charge in [-0.25, -0.2) is 10.8 Å². The first-order chi connectivity index (χ1) is 7.17. The Morgan fingerprint density at radius 3 is 3.00 bits per heavy atom. The molecule has 5 N–H and O–H groups in total. The summed E-state index contributed by atoms with van der Waals surface area (Å²) in [6.07, 6.45) is 1.61. The van der Waals surface area contributed by atoms with Crippen LogP contribution >= 0.6 is 15.9 Å². The third-order valence-electron chi connectivity index (χ3n) is 1.80. The lowest BCUT2D eigenvalue weighted by atomic mass is 10.2. The number of hydrogen-bond acceptors (Lipinski definition) is 6. The number of anilines is 2. The van der Waals surface area contributed by atoms with Gasteiger partial charge < -0.3 is 10.4 Å². The van der Waals surface area contributed by atoms with Crippen molar-refractivity contribution in [2.24, 2.45) is 11.8 Å². The highest BCUT2D eigenvalue weighted by Crippen LogP contribution is 2.19. The van der Waals surface area contributed by atoms with E-state index in [1.807, 2.05) is 6.92 Å². The first-order valence-electron chi connectivity index (χ1n) is 4.51. The first kappa shape index (κ1) is 12.2. The molecule has 0 fully saturated rings. The van der Waals surface area contributed by atoms with Crippen LogP contribution in [-0.4, -0.2) is 28.2 Å². The van der Waals surface area contributed by atoms with Crippen LogP contribution in [0.3, 0.4) is 0 Å². The van der Waals surface area contributed by atoms with Gasteiger partial charge in [0.15, 0.2) is 0 Å². The molecule has 84 valence electrons. The molecule has 0 saturated carbocycles. The second kappa shape index (κ2) is 5.84. The third kappa shape index (κ3) is 3.61. The van der Waals surface area contributed by atoms with Crippen molar-refractivity contribution in [3.05, 3.63) is 10.7 Å². The molecule has 1 rings (SSSR count). The second-order valence-electron chi connectivity index (χ2n) is 3.20. The minimum Gasteiger partial charge on any atom is -0.396 e. The quantitative estimate of drug-likeness (QED) is 0.463. The number of rotatable bonds is 5. The van der Waals surface area contributed by atoms with E-state index in [2.05, 4.69) is 36.6 Å². The van der Waals surface area contributed by atoms with E-state index >= 15 is 0 Å². The number of aliphatic hydroxyl groups excluding tert-OH is 1. The van der Waals surface area contributed by atoms with Gasteiger partial charge in [0.1, 0.15) is 5.82 Å². The predicted molar refractivity (Wildman–Crippen MR) is 62.3 cm³/mol. The molecule has 0 bridgehead atoms. The number of nitrogens with zero attached hydrogens (tertiary/aromatic N) is 2. The highest BCUT2D eigenvalue weighted by molar-refractivity contribution is 9.10. The molecule has 0 amide bonds. The smallest absolute Gasteiger partial charge is 0.239 e. The van der Waals surface area contributed by atoms with Crippen LogP contribution in [0.1, 0.15) is 6.92 Å². The second-order valence-corrected chi connectivity index (χ2v) is 4.06. The highest BCUT2D eigenvalue weighted by Gasteiger charge is 2.05. The van der Waals surface area contributed by atoms with Crippen LogP contribution < -0.4 is 16.6 Å². The number of nitrogens with two attached hydrogens (primary N) is 1. The number of hydrazine groups is 1. The lowest BCUT2D eigenvalue weighted by Crippen LogP contribution is -2.17. The molecule has 15 heavy (non-hydrogen) atoms. The monoisotopic (exact) mass is 275 g/mol. The lowest BCUT2D eigenvalue weighted by molar-refractivity contribution is 0.244. The van der Waals surface area contributed by atoms with Crippen LogP contribution in [0, 0.1) is 5.92 Å². The molecule has 0 aliphatic heterocycles. The van der Waals surface area contributed by atoms with Crippen molar-refractivity contribution in [2.45, 2.75) is 6.92 Å². The molecule has 6 nitrogen and oxygen atoms in total. The zero-order chi connectivity index (χ0) is 11.3. The van der Waals surface area contributed by atoms with E-state index in [1.54, 1.807) is 6.20 Å². The molecule has 1 aromatic rings. The SMILES string of the molecule is CC(CO)CNc1nc(NN)ncc1Br. The van der Waals surface area contributed by atoms with E-state index in [1.165, 1.54) is 0 Å². The molecular weight excluding hydrogens is 262 g/mol. The molecule has 1 aromatic heterocycles. The summed E-state index contributed by atoms with van der Waals surface area (Å²) < 4.78 is 0.756. The summed E-state index contributed by atoms with van der Waals surface area (Å²) in [5, 5.41) is 12.0. The minimum atomic E-state index is 0.137. The Morgan fingerprint density at radius 1 is 1.67 bits per heavy atom. The topological polar surface area (TPSA) is 96.1 Å². The summed E-state index contributed by atoms with van der Waals surface area (Å²) in [6, 6.07) is 0. The van der Waals surface area contributed by atoms with Crippen LogP contribution in [-0.2, 0) is 0 Å². The summed E-state index contributed by atoms with van der Waals surface area (Å²) in [5.41, 5.74) is 2.36. The Morgan fingerprint density at radius 2 is 2.40 bits per heavy atom. The van der Waals surface area contributed by atoms with E-state index < -0.39 is 0 Å². The minimum absolute atomic E-state index is 0.137. The highest BCUT2D eigenvalue weighted by atomic mass is 79.9. The fraction of sp³-hybridized carbons (Fsp3) is 0.500. The normalized spacial score (nSPS) is 12.3. The fourth-order valence-electron chi connectivity index (χ4n) is 0.896. The van der Waals surface area contributed by atoms with Crippen molar-refractivity contribution in [1.82, 2.24) is 9.97 Å².